The molecule has 5 heteroatoms. The monoisotopic (exact) mass is 356 g/mol. The normalized spacial score (nSPS) is 16.8. The highest BCUT2D eigenvalue weighted by atomic mass is 32.1. The van der Waals surface area contributed by atoms with Gasteiger partial charge in [0.2, 0.25) is 5.91 Å². The molecule has 1 saturated heterocycles. The van der Waals surface area contributed by atoms with Gasteiger partial charge in [-0.05, 0) is 30.0 Å². The van der Waals surface area contributed by atoms with Crippen molar-refractivity contribution in [3.05, 3.63) is 63.9 Å². The first kappa shape index (κ1) is 17.9. The van der Waals surface area contributed by atoms with Crippen molar-refractivity contribution in [2.75, 3.05) is 32.8 Å². The van der Waals surface area contributed by atoms with Gasteiger partial charge in [-0.1, -0.05) is 35.9 Å². The zero-order chi connectivity index (χ0) is 17.5. The summed E-state index contributed by atoms with van der Waals surface area (Å²) in [6, 6.07) is 12.5. The largest absolute Gasteiger partial charge is 0.379 e. The van der Waals surface area contributed by atoms with Crippen molar-refractivity contribution in [3.8, 4) is 0 Å². The molecular formula is C20H24N2O2S. The molecule has 2 aromatic rings. The topological polar surface area (TPSA) is 41.6 Å². The van der Waals surface area contributed by atoms with Gasteiger partial charge in [0.05, 0.1) is 19.3 Å². The molecule has 1 N–H and O–H groups in total. The van der Waals surface area contributed by atoms with Crippen molar-refractivity contribution in [3.63, 3.8) is 0 Å². The lowest BCUT2D eigenvalue weighted by atomic mass is 10.1. The average molecular weight is 356 g/mol. The van der Waals surface area contributed by atoms with Crippen LogP contribution in [0.15, 0.2) is 47.9 Å². The maximum absolute atomic E-state index is 12.2. The molecule has 4 nitrogen and oxygen atoms in total. The van der Waals surface area contributed by atoms with Crippen LogP contribution < -0.4 is 5.32 Å². The number of aryl methyl sites for hydroxylation is 1. The van der Waals surface area contributed by atoms with E-state index in [2.05, 4.69) is 34.7 Å². The Balaban J connectivity index is 1.58. The molecule has 0 unspecified atom stereocenters. The van der Waals surface area contributed by atoms with Crippen LogP contribution in [-0.2, 0) is 9.53 Å². The number of amides is 1. The molecule has 0 radical (unpaired) electrons. The molecule has 0 aliphatic carbocycles. The molecule has 3 rings (SSSR count). The van der Waals surface area contributed by atoms with Crippen LogP contribution in [0.5, 0.6) is 0 Å². The van der Waals surface area contributed by atoms with Gasteiger partial charge >= 0.3 is 0 Å². The van der Waals surface area contributed by atoms with Gasteiger partial charge in [-0.2, -0.15) is 0 Å². The molecular weight excluding hydrogens is 332 g/mol. The number of thiophene rings is 1. The molecule has 25 heavy (non-hydrogen) atoms. The minimum Gasteiger partial charge on any atom is -0.379 e. The summed E-state index contributed by atoms with van der Waals surface area (Å²) in [5.74, 6) is -0.0598. The number of ether oxygens (including phenoxy) is 1. The van der Waals surface area contributed by atoms with Crippen LogP contribution in [0.25, 0.3) is 6.08 Å². The Hall–Kier alpha value is -1.95. The van der Waals surface area contributed by atoms with Crippen LogP contribution in [0.3, 0.4) is 0 Å². The van der Waals surface area contributed by atoms with Gasteiger partial charge in [-0.3, -0.25) is 9.69 Å². The van der Waals surface area contributed by atoms with E-state index in [1.807, 2.05) is 30.3 Å². The maximum atomic E-state index is 12.2. The molecule has 1 aromatic carbocycles. The third-order valence-electron chi connectivity index (χ3n) is 4.33. The van der Waals surface area contributed by atoms with Crippen molar-refractivity contribution < 1.29 is 9.53 Å². The Morgan fingerprint density at radius 3 is 2.72 bits per heavy atom. The lowest BCUT2D eigenvalue weighted by molar-refractivity contribution is -0.116. The minimum atomic E-state index is -0.0598. The number of rotatable bonds is 6. The lowest BCUT2D eigenvalue weighted by Crippen LogP contribution is -2.43. The first-order valence-corrected chi connectivity index (χ1v) is 9.48. The minimum absolute atomic E-state index is 0.0598. The summed E-state index contributed by atoms with van der Waals surface area (Å²) in [6.45, 7) is 5.97. The Bertz CT molecular complexity index is 689. The van der Waals surface area contributed by atoms with E-state index in [0.29, 0.717) is 6.54 Å². The van der Waals surface area contributed by atoms with Crippen LogP contribution in [0.4, 0.5) is 0 Å². The van der Waals surface area contributed by atoms with Gasteiger partial charge in [0.25, 0.3) is 0 Å². The Labute approximate surface area is 153 Å². The van der Waals surface area contributed by atoms with E-state index in [0.717, 1.165) is 31.9 Å². The molecule has 1 aliphatic rings. The first-order chi connectivity index (χ1) is 12.2. The van der Waals surface area contributed by atoms with Crippen LogP contribution in [0, 0.1) is 6.92 Å². The van der Waals surface area contributed by atoms with E-state index in [1.165, 1.54) is 10.4 Å². The van der Waals surface area contributed by atoms with Gasteiger partial charge in [-0.15, -0.1) is 11.3 Å². The highest BCUT2D eigenvalue weighted by Crippen LogP contribution is 2.25. The van der Waals surface area contributed by atoms with Crippen molar-refractivity contribution in [2.24, 2.45) is 0 Å². The third kappa shape index (κ3) is 5.26. The fourth-order valence-corrected chi connectivity index (χ4v) is 3.75. The standard InChI is InChI=1S/C20H24N2O2S/c1-16-4-6-17(7-5-16)8-9-20(23)21-15-18(19-3-2-14-25-19)22-10-12-24-13-11-22/h2-9,14,18H,10-13,15H2,1H3,(H,21,23)/b9-8+/t18-/m0/s1. The fourth-order valence-electron chi connectivity index (χ4n) is 2.89. The summed E-state index contributed by atoms with van der Waals surface area (Å²) in [6.07, 6.45) is 3.46. The summed E-state index contributed by atoms with van der Waals surface area (Å²) in [5.41, 5.74) is 2.25. The molecule has 0 spiro atoms. The second-order valence-corrected chi connectivity index (χ2v) is 7.15. The zero-order valence-corrected chi connectivity index (χ0v) is 15.3. The van der Waals surface area contributed by atoms with Gasteiger partial charge in [-0.25, -0.2) is 0 Å². The molecule has 2 heterocycles. The van der Waals surface area contributed by atoms with E-state index in [4.69, 9.17) is 4.74 Å². The number of morpholine rings is 1. The van der Waals surface area contributed by atoms with Crippen LogP contribution >= 0.6 is 11.3 Å². The van der Waals surface area contributed by atoms with Crippen molar-refractivity contribution in [1.29, 1.82) is 0 Å². The highest BCUT2D eigenvalue weighted by molar-refractivity contribution is 7.10. The Morgan fingerprint density at radius 1 is 1.28 bits per heavy atom. The first-order valence-electron chi connectivity index (χ1n) is 8.60. The molecule has 1 atom stereocenters. The Kier molecular flexibility index (Phi) is 6.39. The fraction of sp³-hybridized carbons (Fsp3) is 0.350. The number of benzene rings is 1. The number of nitrogens with zero attached hydrogens (tertiary/aromatic N) is 1. The average Bonchev–Trinajstić information content (AvgIpc) is 3.17. The summed E-state index contributed by atoms with van der Waals surface area (Å²) in [7, 11) is 0. The van der Waals surface area contributed by atoms with Gasteiger partial charge in [0, 0.05) is 30.6 Å². The molecule has 1 fully saturated rings. The number of carbonyl (C=O) groups excluding carboxylic acids is 1. The number of carbonyl (C=O) groups is 1. The lowest BCUT2D eigenvalue weighted by Gasteiger charge is -2.34. The molecule has 1 aromatic heterocycles. The molecule has 0 bridgehead atoms. The van der Waals surface area contributed by atoms with Crippen molar-refractivity contribution in [1.82, 2.24) is 10.2 Å². The summed E-state index contributed by atoms with van der Waals surface area (Å²) < 4.78 is 5.45. The van der Waals surface area contributed by atoms with E-state index in [-0.39, 0.29) is 11.9 Å². The van der Waals surface area contributed by atoms with Crippen LogP contribution in [-0.4, -0.2) is 43.7 Å². The molecule has 132 valence electrons. The number of nitrogens with one attached hydrogen (secondary N) is 1. The van der Waals surface area contributed by atoms with E-state index in [1.54, 1.807) is 17.4 Å². The Morgan fingerprint density at radius 2 is 2.04 bits per heavy atom. The summed E-state index contributed by atoms with van der Waals surface area (Å²) >= 11 is 1.74. The molecule has 1 amide bonds. The van der Waals surface area contributed by atoms with Gasteiger partial charge in [0.1, 0.15) is 0 Å². The maximum Gasteiger partial charge on any atom is 0.244 e. The van der Waals surface area contributed by atoms with Gasteiger partial charge < -0.3 is 10.1 Å². The predicted octanol–water partition coefficient (Wildman–Crippen LogP) is 3.26. The third-order valence-corrected chi connectivity index (χ3v) is 5.31. The second-order valence-electron chi connectivity index (χ2n) is 6.17. The number of hydrogen-bond acceptors (Lipinski definition) is 4. The van der Waals surface area contributed by atoms with Crippen LogP contribution in [0.2, 0.25) is 0 Å². The SMILES string of the molecule is Cc1ccc(/C=C/C(=O)NC[C@@H](c2cccs2)N2CCOCC2)cc1. The predicted molar refractivity (Wildman–Crippen MR) is 103 cm³/mol. The summed E-state index contributed by atoms with van der Waals surface area (Å²) in [5, 5.41) is 5.13. The van der Waals surface area contributed by atoms with Crippen molar-refractivity contribution >= 4 is 23.3 Å². The van der Waals surface area contributed by atoms with E-state index >= 15 is 0 Å². The zero-order valence-electron chi connectivity index (χ0n) is 14.5. The highest BCUT2D eigenvalue weighted by Gasteiger charge is 2.23. The second kappa shape index (κ2) is 8.94. The van der Waals surface area contributed by atoms with Crippen molar-refractivity contribution in [2.45, 2.75) is 13.0 Å². The summed E-state index contributed by atoms with van der Waals surface area (Å²) in [4.78, 5) is 15.9. The van der Waals surface area contributed by atoms with Crippen LogP contribution in [0.1, 0.15) is 22.0 Å². The van der Waals surface area contributed by atoms with E-state index in [9.17, 15) is 4.79 Å². The smallest absolute Gasteiger partial charge is 0.244 e. The van der Waals surface area contributed by atoms with E-state index < -0.39 is 0 Å². The molecule has 1 aliphatic heterocycles. The quantitative estimate of drug-likeness (QED) is 0.808. The number of hydrogen-bond donors (Lipinski definition) is 1. The molecule has 0 saturated carbocycles. The van der Waals surface area contributed by atoms with Gasteiger partial charge in [0.15, 0.2) is 0 Å².